The number of methoxy groups -OCH3 is 1. The number of nitrogens with one attached hydrogen (secondary N) is 1. The number of hydrogen-bond acceptors (Lipinski definition) is 5. The quantitative estimate of drug-likeness (QED) is 0.618. The molecule has 5 nitrogen and oxygen atoms in total. The summed E-state index contributed by atoms with van der Waals surface area (Å²) < 4.78 is 4.52. The molecule has 0 aliphatic rings. The summed E-state index contributed by atoms with van der Waals surface area (Å²) in [5.41, 5.74) is 1.43. The van der Waals surface area contributed by atoms with Gasteiger partial charge in [0.15, 0.2) is 5.69 Å². The summed E-state index contributed by atoms with van der Waals surface area (Å²) in [7, 11) is 1.31. The van der Waals surface area contributed by atoms with Crippen molar-refractivity contribution < 1.29 is 9.53 Å². The topological polar surface area (TPSA) is 64.1 Å². The van der Waals surface area contributed by atoms with E-state index in [0.29, 0.717) is 12.4 Å². The Morgan fingerprint density at radius 1 is 1.44 bits per heavy atom. The van der Waals surface area contributed by atoms with Crippen LogP contribution in [0.1, 0.15) is 24.3 Å². The molecule has 0 atom stereocenters. The van der Waals surface area contributed by atoms with Gasteiger partial charge in [0.25, 0.3) is 0 Å². The third-order valence-corrected chi connectivity index (χ3v) is 1.84. The molecule has 0 aromatic carbocycles. The Labute approximate surface area is 94.6 Å². The lowest BCUT2D eigenvalue weighted by Crippen LogP contribution is -2.07. The zero-order valence-corrected chi connectivity index (χ0v) is 9.65. The van der Waals surface area contributed by atoms with Crippen LogP contribution in [0.5, 0.6) is 0 Å². The molecule has 1 rings (SSSR count). The van der Waals surface area contributed by atoms with E-state index in [4.69, 9.17) is 0 Å². The first-order valence-electron chi connectivity index (χ1n) is 4.91. The van der Waals surface area contributed by atoms with E-state index < -0.39 is 5.97 Å². The lowest BCUT2D eigenvalue weighted by Gasteiger charge is -2.02. The van der Waals surface area contributed by atoms with Crippen molar-refractivity contribution in [3.8, 4) is 0 Å². The van der Waals surface area contributed by atoms with E-state index in [2.05, 4.69) is 20.0 Å². The zero-order chi connectivity index (χ0) is 12.0. The molecule has 0 fully saturated rings. The van der Waals surface area contributed by atoms with Crippen LogP contribution < -0.4 is 5.32 Å². The van der Waals surface area contributed by atoms with Gasteiger partial charge in [0.2, 0.25) is 0 Å². The minimum Gasteiger partial charge on any atom is -0.464 e. The SMILES string of the molecule is COC(=O)c1cnc(NCC=C(C)C)cn1. The number of nitrogens with zero attached hydrogens (tertiary/aromatic N) is 2. The van der Waals surface area contributed by atoms with Gasteiger partial charge in [0.05, 0.1) is 19.5 Å². The van der Waals surface area contributed by atoms with Crippen LogP contribution >= 0.6 is 0 Å². The van der Waals surface area contributed by atoms with Crippen LogP contribution in [0.3, 0.4) is 0 Å². The number of ether oxygens (including phenoxy) is 1. The molecule has 0 saturated heterocycles. The van der Waals surface area contributed by atoms with E-state index in [1.807, 2.05) is 19.9 Å². The highest BCUT2D eigenvalue weighted by atomic mass is 16.5. The fraction of sp³-hybridized carbons (Fsp3) is 0.364. The van der Waals surface area contributed by atoms with E-state index >= 15 is 0 Å². The van der Waals surface area contributed by atoms with Crippen molar-refractivity contribution in [3.63, 3.8) is 0 Å². The Morgan fingerprint density at radius 3 is 2.69 bits per heavy atom. The molecule has 1 heterocycles. The maximum atomic E-state index is 11.1. The van der Waals surface area contributed by atoms with Gasteiger partial charge in [-0.3, -0.25) is 0 Å². The number of anilines is 1. The minimum absolute atomic E-state index is 0.204. The first-order valence-corrected chi connectivity index (χ1v) is 4.91. The molecule has 0 aliphatic carbocycles. The molecule has 1 aromatic heterocycles. The molecule has 0 saturated carbocycles. The van der Waals surface area contributed by atoms with Crippen molar-refractivity contribution in [3.05, 3.63) is 29.7 Å². The third kappa shape index (κ3) is 3.68. The van der Waals surface area contributed by atoms with E-state index in [1.165, 1.54) is 25.1 Å². The van der Waals surface area contributed by atoms with Crippen LogP contribution in [-0.2, 0) is 4.74 Å². The summed E-state index contributed by atoms with van der Waals surface area (Å²) in [5.74, 6) is 0.147. The fourth-order valence-corrected chi connectivity index (χ4v) is 0.989. The number of esters is 1. The number of aromatic nitrogens is 2. The maximum absolute atomic E-state index is 11.1. The van der Waals surface area contributed by atoms with E-state index in [9.17, 15) is 4.79 Å². The smallest absolute Gasteiger partial charge is 0.358 e. The van der Waals surface area contributed by atoms with Gasteiger partial charge < -0.3 is 10.1 Å². The van der Waals surface area contributed by atoms with Gasteiger partial charge in [-0.1, -0.05) is 11.6 Å². The largest absolute Gasteiger partial charge is 0.464 e. The molecule has 0 radical (unpaired) electrons. The molecular formula is C11H15N3O2. The van der Waals surface area contributed by atoms with Gasteiger partial charge >= 0.3 is 5.97 Å². The van der Waals surface area contributed by atoms with Gasteiger partial charge in [-0.05, 0) is 13.8 Å². The van der Waals surface area contributed by atoms with Crippen molar-refractivity contribution >= 4 is 11.8 Å². The maximum Gasteiger partial charge on any atom is 0.358 e. The second-order valence-corrected chi connectivity index (χ2v) is 3.44. The van der Waals surface area contributed by atoms with E-state index in [-0.39, 0.29) is 5.69 Å². The molecule has 0 spiro atoms. The van der Waals surface area contributed by atoms with E-state index in [0.717, 1.165) is 0 Å². The summed E-state index contributed by atoms with van der Waals surface area (Å²) in [5, 5.41) is 3.06. The zero-order valence-electron chi connectivity index (χ0n) is 9.65. The molecule has 0 amide bonds. The number of carbonyl (C=O) groups is 1. The second kappa shape index (κ2) is 5.85. The lowest BCUT2D eigenvalue weighted by atomic mass is 10.3. The molecule has 86 valence electrons. The van der Waals surface area contributed by atoms with Crippen LogP contribution in [0.15, 0.2) is 24.0 Å². The fourth-order valence-electron chi connectivity index (χ4n) is 0.989. The summed E-state index contributed by atoms with van der Waals surface area (Å²) in [6.07, 6.45) is 4.93. The van der Waals surface area contributed by atoms with Gasteiger partial charge in [0, 0.05) is 6.54 Å². The molecule has 16 heavy (non-hydrogen) atoms. The van der Waals surface area contributed by atoms with Crippen LogP contribution in [0.25, 0.3) is 0 Å². The Hall–Kier alpha value is -1.91. The highest BCUT2D eigenvalue weighted by Crippen LogP contribution is 2.02. The molecule has 0 aliphatic heterocycles. The lowest BCUT2D eigenvalue weighted by molar-refractivity contribution is 0.0593. The Morgan fingerprint density at radius 2 is 2.19 bits per heavy atom. The number of hydrogen-bond donors (Lipinski definition) is 1. The van der Waals surface area contributed by atoms with Gasteiger partial charge in [-0.2, -0.15) is 0 Å². The van der Waals surface area contributed by atoms with Gasteiger partial charge in [-0.25, -0.2) is 14.8 Å². The minimum atomic E-state index is -0.483. The average Bonchev–Trinajstić information content (AvgIpc) is 2.28. The van der Waals surface area contributed by atoms with Crippen LogP contribution in [0, 0.1) is 0 Å². The van der Waals surface area contributed by atoms with E-state index in [1.54, 1.807) is 0 Å². The summed E-state index contributed by atoms with van der Waals surface area (Å²) in [6, 6.07) is 0. The second-order valence-electron chi connectivity index (χ2n) is 3.44. The van der Waals surface area contributed by atoms with Crippen molar-refractivity contribution in [2.75, 3.05) is 19.0 Å². The molecular weight excluding hydrogens is 206 g/mol. The Kier molecular flexibility index (Phi) is 4.44. The normalized spacial score (nSPS) is 9.44. The predicted octanol–water partition coefficient (Wildman–Crippen LogP) is 1.64. The first kappa shape index (κ1) is 12.2. The van der Waals surface area contributed by atoms with Crippen LogP contribution in [0.4, 0.5) is 5.82 Å². The van der Waals surface area contributed by atoms with Crippen molar-refractivity contribution in [1.82, 2.24) is 9.97 Å². The summed E-state index contributed by atoms with van der Waals surface area (Å²) in [4.78, 5) is 19.0. The monoisotopic (exact) mass is 221 g/mol. The summed E-state index contributed by atoms with van der Waals surface area (Å²) in [6.45, 7) is 4.73. The van der Waals surface area contributed by atoms with Crippen LogP contribution in [0.2, 0.25) is 0 Å². The predicted molar refractivity (Wildman–Crippen MR) is 61.3 cm³/mol. The van der Waals surface area contributed by atoms with Gasteiger partial charge in [0.1, 0.15) is 5.82 Å². The van der Waals surface area contributed by atoms with Crippen molar-refractivity contribution in [2.45, 2.75) is 13.8 Å². The van der Waals surface area contributed by atoms with Crippen molar-refractivity contribution in [2.24, 2.45) is 0 Å². The molecule has 1 N–H and O–H groups in total. The Bertz CT molecular complexity index is 381. The highest BCUT2D eigenvalue weighted by Gasteiger charge is 2.06. The average molecular weight is 221 g/mol. The molecule has 0 unspecified atom stereocenters. The highest BCUT2D eigenvalue weighted by molar-refractivity contribution is 5.86. The number of carbonyl (C=O) groups excluding carboxylic acids is 1. The molecule has 1 aromatic rings. The first-order chi connectivity index (χ1) is 7.63. The van der Waals surface area contributed by atoms with Crippen molar-refractivity contribution in [1.29, 1.82) is 0 Å². The number of rotatable bonds is 4. The summed E-state index contributed by atoms with van der Waals surface area (Å²) >= 11 is 0. The van der Waals surface area contributed by atoms with Crippen LogP contribution in [-0.4, -0.2) is 29.6 Å². The number of allylic oxidation sites excluding steroid dienone is 1. The Balaban J connectivity index is 2.58. The third-order valence-electron chi connectivity index (χ3n) is 1.84. The molecule has 0 bridgehead atoms. The standard InChI is InChI=1S/C11H15N3O2/c1-8(2)4-5-12-10-7-13-9(6-14-10)11(15)16-3/h4,6-7H,5H2,1-3H3,(H,12,14). The molecule has 5 heteroatoms. The van der Waals surface area contributed by atoms with Gasteiger partial charge in [-0.15, -0.1) is 0 Å².